The number of rotatable bonds is 3. The Kier molecular flexibility index (Phi) is 4.40. The van der Waals surface area contributed by atoms with E-state index < -0.39 is 0 Å². The van der Waals surface area contributed by atoms with Crippen LogP contribution in [0.25, 0.3) is 11.8 Å². The van der Waals surface area contributed by atoms with Crippen molar-refractivity contribution in [2.24, 2.45) is 0 Å². The van der Waals surface area contributed by atoms with E-state index in [2.05, 4.69) is 109 Å². The fourth-order valence-corrected chi connectivity index (χ4v) is 3.52. The van der Waals surface area contributed by atoms with E-state index in [-0.39, 0.29) is 0 Å². The summed E-state index contributed by atoms with van der Waals surface area (Å²) in [6.07, 6.45) is 9.67. The van der Waals surface area contributed by atoms with Gasteiger partial charge in [-0.05, 0) is 23.3 Å². The molecule has 1 aromatic heterocycles. The molecule has 3 aromatic rings. The maximum Gasteiger partial charge on any atom is 0.210 e. The van der Waals surface area contributed by atoms with Gasteiger partial charge in [-0.2, -0.15) is 4.57 Å². The molecule has 0 bridgehead atoms. The van der Waals surface area contributed by atoms with Crippen LogP contribution in [0.1, 0.15) is 16.8 Å². The summed E-state index contributed by atoms with van der Waals surface area (Å²) in [5.41, 5.74) is 7.66. The SMILES string of the molecule is Cc1cc(/C=C/C=C2/Cc3ccccc3N2C)cc[n+]1-c1ccccc1. The molecule has 0 spiro atoms. The summed E-state index contributed by atoms with van der Waals surface area (Å²) in [6, 6.07) is 23.4. The van der Waals surface area contributed by atoms with E-state index in [0.29, 0.717) is 0 Å². The molecule has 2 heterocycles. The number of anilines is 1. The van der Waals surface area contributed by atoms with Crippen LogP contribution >= 0.6 is 0 Å². The molecule has 1 aliphatic heterocycles. The summed E-state index contributed by atoms with van der Waals surface area (Å²) >= 11 is 0. The second-order valence-electron chi connectivity index (χ2n) is 6.69. The number of benzene rings is 2. The molecular formula is C24H23N2+. The van der Waals surface area contributed by atoms with E-state index in [4.69, 9.17) is 0 Å². The quantitative estimate of drug-likeness (QED) is 0.618. The lowest BCUT2D eigenvalue weighted by Crippen LogP contribution is -2.33. The zero-order chi connectivity index (χ0) is 17.9. The van der Waals surface area contributed by atoms with Gasteiger partial charge in [0.2, 0.25) is 5.69 Å². The van der Waals surface area contributed by atoms with E-state index in [1.165, 1.54) is 33.9 Å². The molecule has 0 aliphatic carbocycles. The number of para-hydroxylation sites is 2. The highest BCUT2D eigenvalue weighted by Gasteiger charge is 2.19. The molecule has 128 valence electrons. The number of likely N-dealkylation sites (N-methyl/N-ethyl adjacent to an activating group) is 1. The van der Waals surface area contributed by atoms with Crippen LogP contribution in [0.5, 0.6) is 0 Å². The maximum absolute atomic E-state index is 2.28. The van der Waals surface area contributed by atoms with Crippen LogP contribution in [0.15, 0.2) is 90.8 Å². The number of fused-ring (bicyclic) bond motifs is 1. The molecule has 0 radical (unpaired) electrons. The summed E-state index contributed by atoms with van der Waals surface area (Å²) in [5, 5.41) is 0. The Morgan fingerprint density at radius 1 is 0.962 bits per heavy atom. The van der Waals surface area contributed by atoms with Crippen LogP contribution in [0.4, 0.5) is 5.69 Å². The maximum atomic E-state index is 2.28. The zero-order valence-corrected chi connectivity index (χ0v) is 15.3. The molecule has 0 N–H and O–H groups in total. The third-order valence-electron chi connectivity index (χ3n) is 4.94. The number of hydrogen-bond donors (Lipinski definition) is 0. The number of pyridine rings is 1. The molecule has 0 atom stereocenters. The Balaban J connectivity index is 1.52. The Morgan fingerprint density at radius 2 is 1.73 bits per heavy atom. The van der Waals surface area contributed by atoms with Gasteiger partial charge in [0.15, 0.2) is 11.9 Å². The molecule has 0 fully saturated rings. The van der Waals surface area contributed by atoms with Gasteiger partial charge in [0.05, 0.1) is 0 Å². The minimum absolute atomic E-state index is 0.999. The highest BCUT2D eigenvalue weighted by Crippen LogP contribution is 2.32. The fraction of sp³-hybridized carbons (Fsp3) is 0.125. The van der Waals surface area contributed by atoms with Crippen LogP contribution in [0, 0.1) is 6.92 Å². The first kappa shape index (κ1) is 16.3. The molecule has 0 saturated carbocycles. The van der Waals surface area contributed by atoms with E-state index >= 15 is 0 Å². The molecule has 0 unspecified atom stereocenters. The summed E-state index contributed by atoms with van der Waals surface area (Å²) in [7, 11) is 2.14. The molecular weight excluding hydrogens is 316 g/mol. The molecule has 2 nitrogen and oxygen atoms in total. The number of aryl methyl sites for hydroxylation is 1. The highest BCUT2D eigenvalue weighted by molar-refractivity contribution is 5.65. The van der Waals surface area contributed by atoms with Crippen molar-refractivity contribution in [1.29, 1.82) is 0 Å². The average molecular weight is 339 g/mol. The van der Waals surface area contributed by atoms with Gasteiger partial charge in [-0.3, -0.25) is 0 Å². The minimum atomic E-state index is 0.999. The standard InChI is InChI=1S/C24H23N2/c1-19-17-20(15-16-26(19)22-11-4-3-5-12-22)9-8-13-23-18-21-10-6-7-14-24(21)25(23)2/h3-17H,18H2,1-2H3/q+1. The van der Waals surface area contributed by atoms with E-state index in [1.54, 1.807) is 0 Å². The van der Waals surface area contributed by atoms with E-state index in [1.807, 2.05) is 6.07 Å². The molecule has 2 aromatic carbocycles. The average Bonchev–Trinajstić information content (AvgIpc) is 2.99. The van der Waals surface area contributed by atoms with Crippen molar-refractivity contribution in [1.82, 2.24) is 0 Å². The number of hydrogen-bond acceptors (Lipinski definition) is 1. The first-order valence-corrected chi connectivity index (χ1v) is 8.99. The highest BCUT2D eigenvalue weighted by atomic mass is 15.1. The molecule has 26 heavy (non-hydrogen) atoms. The van der Waals surface area contributed by atoms with Crippen molar-refractivity contribution in [2.75, 3.05) is 11.9 Å². The van der Waals surface area contributed by atoms with Crippen LogP contribution < -0.4 is 9.47 Å². The first-order chi connectivity index (χ1) is 12.7. The van der Waals surface area contributed by atoms with Crippen LogP contribution in [0.3, 0.4) is 0 Å². The summed E-state index contributed by atoms with van der Waals surface area (Å²) in [4.78, 5) is 2.28. The summed E-state index contributed by atoms with van der Waals surface area (Å²) < 4.78 is 2.21. The molecule has 2 heteroatoms. The predicted octanol–water partition coefficient (Wildman–Crippen LogP) is 4.86. The van der Waals surface area contributed by atoms with Gasteiger partial charge in [0.25, 0.3) is 0 Å². The normalized spacial score (nSPS) is 15.0. The van der Waals surface area contributed by atoms with E-state index in [9.17, 15) is 0 Å². The van der Waals surface area contributed by atoms with Crippen LogP contribution in [0.2, 0.25) is 0 Å². The molecule has 0 saturated heterocycles. The number of nitrogens with zero attached hydrogens (tertiary/aromatic N) is 2. The van der Waals surface area contributed by atoms with Crippen molar-refractivity contribution in [3.63, 3.8) is 0 Å². The topological polar surface area (TPSA) is 7.12 Å². The first-order valence-electron chi connectivity index (χ1n) is 8.99. The van der Waals surface area contributed by atoms with Gasteiger partial charge in [-0.25, -0.2) is 0 Å². The lowest BCUT2D eigenvalue weighted by atomic mass is 10.1. The Hall–Kier alpha value is -3.13. The van der Waals surface area contributed by atoms with Gasteiger partial charge >= 0.3 is 0 Å². The van der Waals surface area contributed by atoms with E-state index in [0.717, 1.165) is 6.42 Å². The lowest BCUT2D eigenvalue weighted by Gasteiger charge is -2.13. The minimum Gasteiger partial charge on any atom is -0.348 e. The second-order valence-corrected chi connectivity index (χ2v) is 6.69. The molecule has 0 amide bonds. The Bertz CT molecular complexity index is 984. The Morgan fingerprint density at radius 3 is 2.50 bits per heavy atom. The molecule has 4 rings (SSSR count). The van der Waals surface area contributed by atoms with Crippen molar-refractivity contribution in [3.05, 3.63) is 108 Å². The fourth-order valence-electron chi connectivity index (χ4n) is 3.52. The van der Waals surface area contributed by atoms with Gasteiger partial charge in [0, 0.05) is 56.0 Å². The monoisotopic (exact) mass is 339 g/mol. The lowest BCUT2D eigenvalue weighted by molar-refractivity contribution is -0.602. The van der Waals surface area contributed by atoms with Gasteiger partial charge < -0.3 is 4.90 Å². The summed E-state index contributed by atoms with van der Waals surface area (Å²) in [5.74, 6) is 0. The smallest absolute Gasteiger partial charge is 0.210 e. The number of aromatic nitrogens is 1. The third kappa shape index (κ3) is 3.18. The predicted molar refractivity (Wildman–Crippen MR) is 108 cm³/mol. The summed E-state index contributed by atoms with van der Waals surface area (Å²) in [6.45, 7) is 2.14. The zero-order valence-electron chi connectivity index (χ0n) is 15.3. The van der Waals surface area contributed by atoms with Crippen molar-refractivity contribution in [2.45, 2.75) is 13.3 Å². The van der Waals surface area contributed by atoms with Crippen LogP contribution in [-0.2, 0) is 6.42 Å². The van der Waals surface area contributed by atoms with Gasteiger partial charge in [0.1, 0.15) is 0 Å². The van der Waals surface area contributed by atoms with Crippen molar-refractivity contribution < 1.29 is 4.57 Å². The van der Waals surface area contributed by atoms with Gasteiger partial charge in [-0.1, -0.05) is 48.6 Å². The van der Waals surface area contributed by atoms with Crippen molar-refractivity contribution >= 4 is 11.8 Å². The third-order valence-corrected chi connectivity index (χ3v) is 4.94. The number of allylic oxidation sites excluding steroid dienone is 3. The largest absolute Gasteiger partial charge is 0.348 e. The van der Waals surface area contributed by atoms with Crippen LogP contribution in [-0.4, -0.2) is 7.05 Å². The molecule has 1 aliphatic rings. The Labute approximate surface area is 155 Å². The van der Waals surface area contributed by atoms with Gasteiger partial charge in [-0.15, -0.1) is 0 Å². The second kappa shape index (κ2) is 7.01. The van der Waals surface area contributed by atoms with Crippen molar-refractivity contribution in [3.8, 4) is 5.69 Å².